The summed E-state index contributed by atoms with van der Waals surface area (Å²) in [6, 6.07) is 22.4. The third-order valence-corrected chi connectivity index (χ3v) is 6.85. The van der Waals surface area contributed by atoms with Crippen LogP contribution in [0.5, 0.6) is 5.75 Å². The summed E-state index contributed by atoms with van der Waals surface area (Å²) >= 11 is 5.69. The summed E-state index contributed by atoms with van der Waals surface area (Å²) in [6.07, 6.45) is 1.90. The van der Waals surface area contributed by atoms with Gasteiger partial charge in [-0.25, -0.2) is 4.79 Å². The lowest BCUT2D eigenvalue weighted by Crippen LogP contribution is -2.32. The molecular weight excluding hydrogens is 516 g/mol. The number of carbonyl (C=O) groups excluding carboxylic acids is 1. The molecule has 10 heteroatoms. The number of amides is 1. The lowest BCUT2D eigenvalue weighted by Gasteiger charge is -2.26. The number of carboxylic acids is 1. The number of rotatable bonds is 9. The average molecular weight is 543 g/mol. The molecule has 1 aliphatic rings. The van der Waals surface area contributed by atoms with Crippen LogP contribution in [-0.4, -0.2) is 45.6 Å². The predicted molar refractivity (Wildman–Crippen MR) is 150 cm³/mol. The van der Waals surface area contributed by atoms with E-state index in [1.54, 1.807) is 37.6 Å². The van der Waals surface area contributed by atoms with Crippen LogP contribution in [0.2, 0.25) is 0 Å². The Bertz CT molecular complexity index is 1490. The maximum absolute atomic E-state index is 12.9. The molecule has 1 amide bonds. The molecule has 0 saturated carbocycles. The lowest BCUT2D eigenvalue weighted by molar-refractivity contribution is -0.116. The van der Waals surface area contributed by atoms with Crippen molar-refractivity contribution in [3.8, 4) is 17.1 Å². The molecule has 0 radical (unpaired) electrons. The molecule has 0 bridgehead atoms. The molecule has 3 heterocycles. The third kappa shape index (κ3) is 5.60. The molecule has 0 aliphatic carbocycles. The maximum atomic E-state index is 12.9. The minimum absolute atomic E-state index is 0.176. The largest absolute Gasteiger partial charge is 0.495 e. The predicted octanol–water partition coefficient (Wildman–Crippen LogP) is 5.05. The molecule has 2 unspecified atom stereocenters. The maximum Gasteiger partial charge on any atom is 0.335 e. The number of hydrogen-bond acceptors (Lipinski definition) is 6. The zero-order valence-corrected chi connectivity index (χ0v) is 21.9. The summed E-state index contributed by atoms with van der Waals surface area (Å²) in [4.78, 5) is 30.6. The van der Waals surface area contributed by atoms with E-state index in [0.29, 0.717) is 34.6 Å². The van der Waals surface area contributed by atoms with Crippen molar-refractivity contribution in [3.05, 3.63) is 102 Å². The van der Waals surface area contributed by atoms with Gasteiger partial charge in [-0.3, -0.25) is 9.78 Å². The highest BCUT2D eigenvalue weighted by Gasteiger charge is 2.41. The number of aromatic carboxylic acids is 1. The molecule has 5 rings (SSSR count). The van der Waals surface area contributed by atoms with Crippen LogP contribution in [0.4, 0.5) is 5.69 Å². The summed E-state index contributed by atoms with van der Waals surface area (Å²) in [5.41, 5.74) is 2.33. The highest BCUT2D eigenvalue weighted by Crippen LogP contribution is 2.40. The van der Waals surface area contributed by atoms with Crippen LogP contribution in [0.3, 0.4) is 0 Å². The Balaban J connectivity index is 1.39. The van der Waals surface area contributed by atoms with Crippen molar-refractivity contribution < 1.29 is 23.8 Å². The first-order valence-corrected chi connectivity index (χ1v) is 12.7. The molecule has 2 aromatic heterocycles. The van der Waals surface area contributed by atoms with Crippen LogP contribution in [-0.2, 0) is 4.79 Å². The van der Waals surface area contributed by atoms with Crippen molar-refractivity contribution in [2.45, 2.75) is 18.5 Å². The molecule has 2 aromatic carbocycles. The first-order valence-electron chi connectivity index (χ1n) is 12.3. The van der Waals surface area contributed by atoms with Crippen molar-refractivity contribution in [2.24, 2.45) is 0 Å². The van der Waals surface area contributed by atoms with Crippen molar-refractivity contribution in [1.82, 2.24) is 15.2 Å². The fourth-order valence-electron chi connectivity index (χ4n) is 4.58. The number of para-hydroxylation sites is 2. The van der Waals surface area contributed by atoms with E-state index in [-0.39, 0.29) is 30.0 Å². The Labute approximate surface area is 230 Å². The van der Waals surface area contributed by atoms with Crippen LogP contribution in [0, 0.1) is 0 Å². The van der Waals surface area contributed by atoms with Crippen molar-refractivity contribution >= 4 is 34.9 Å². The van der Waals surface area contributed by atoms with Gasteiger partial charge in [0.1, 0.15) is 23.3 Å². The van der Waals surface area contributed by atoms with Gasteiger partial charge in [0.2, 0.25) is 5.91 Å². The van der Waals surface area contributed by atoms with E-state index < -0.39 is 5.97 Å². The topological polar surface area (TPSA) is 117 Å². The Morgan fingerprint density at radius 2 is 1.85 bits per heavy atom. The first-order chi connectivity index (χ1) is 18.9. The molecule has 39 heavy (non-hydrogen) atoms. The number of carbonyl (C=O) groups is 2. The third-order valence-electron chi connectivity index (χ3n) is 6.49. The van der Waals surface area contributed by atoms with Gasteiger partial charge in [-0.2, -0.15) is 0 Å². The van der Waals surface area contributed by atoms with E-state index in [1.807, 2.05) is 47.4 Å². The van der Waals surface area contributed by atoms with Crippen LogP contribution >= 0.6 is 12.2 Å². The standard InChI is InChI=1S/C29H26N4O5S/c1-37-23-8-3-2-6-20(23)31-25(34)15-17-33-27(26(32-29(33)39)21-7-4-5-16-30-21)24-14-13-22(38-24)18-9-11-19(12-10-18)28(35)36/h2-14,16,26-27H,15,17H2,1H3,(H,31,34)(H,32,39)(H,35,36). The zero-order chi connectivity index (χ0) is 27.4. The van der Waals surface area contributed by atoms with Gasteiger partial charge in [-0.1, -0.05) is 30.3 Å². The molecule has 0 spiro atoms. The number of pyridine rings is 1. The fourth-order valence-corrected chi connectivity index (χ4v) is 4.91. The van der Waals surface area contributed by atoms with E-state index in [0.717, 1.165) is 11.3 Å². The van der Waals surface area contributed by atoms with Gasteiger partial charge in [0, 0.05) is 24.7 Å². The number of furan rings is 1. The molecule has 1 aliphatic heterocycles. The second-order valence-corrected chi connectivity index (χ2v) is 9.29. The number of ether oxygens (including phenoxy) is 1. The molecule has 3 N–H and O–H groups in total. The summed E-state index contributed by atoms with van der Waals surface area (Å²) in [6.45, 7) is 0.337. The molecule has 1 saturated heterocycles. The highest BCUT2D eigenvalue weighted by atomic mass is 32.1. The van der Waals surface area contributed by atoms with Crippen molar-refractivity contribution in [3.63, 3.8) is 0 Å². The van der Waals surface area contributed by atoms with E-state index in [4.69, 9.17) is 21.4 Å². The number of thiocarbonyl (C=S) groups is 1. The first kappa shape index (κ1) is 25.9. The van der Waals surface area contributed by atoms with Gasteiger partial charge >= 0.3 is 5.97 Å². The van der Waals surface area contributed by atoms with E-state index in [2.05, 4.69) is 15.6 Å². The van der Waals surface area contributed by atoms with E-state index in [1.165, 1.54) is 12.1 Å². The summed E-state index contributed by atoms with van der Waals surface area (Å²) in [7, 11) is 1.56. The van der Waals surface area contributed by atoms with Crippen LogP contribution in [0.25, 0.3) is 11.3 Å². The summed E-state index contributed by atoms with van der Waals surface area (Å²) < 4.78 is 11.6. The normalized spacial score (nSPS) is 16.5. The monoisotopic (exact) mass is 542 g/mol. The average Bonchev–Trinajstić information content (AvgIpc) is 3.57. The Morgan fingerprint density at radius 1 is 1.08 bits per heavy atom. The highest BCUT2D eigenvalue weighted by molar-refractivity contribution is 7.80. The molecule has 198 valence electrons. The molecule has 2 atom stereocenters. The minimum atomic E-state index is -0.990. The van der Waals surface area contributed by atoms with Gasteiger partial charge in [0.05, 0.1) is 30.1 Å². The number of aromatic nitrogens is 1. The van der Waals surface area contributed by atoms with Gasteiger partial charge < -0.3 is 29.8 Å². The fraction of sp³-hybridized carbons (Fsp3) is 0.172. The second kappa shape index (κ2) is 11.4. The van der Waals surface area contributed by atoms with Crippen molar-refractivity contribution in [1.29, 1.82) is 0 Å². The Kier molecular flexibility index (Phi) is 7.55. The molecule has 1 fully saturated rings. The smallest absolute Gasteiger partial charge is 0.335 e. The number of nitrogens with one attached hydrogen (secondary N) is 2. The van der Waals surface area contributed by atoms with Crippen LogP contribution in [0.1, 0.15) is 40.3 Å². The molecular formula is C29H26N4O5S. The number of hydrogen-bond donors (Lipinski definition) is 3. The summed E-state index contributed by atoms with van der Waals surface area (Å²) in [5, 5.41) is 15.9. The van der Waals surface area contributed by atoms with Crippen LogP contribution < -0.4 is 15.4 Å². The van der Waals surface area contributed by atoms with Gasteiger partial charge in [-0.05, 0) is 60.7 Å². The van der Waals surface area contributed by atoms with Gasteiger partial charge in [-0.15, -0.1) is 0 Å². The minimum Gasteiger partial charge on any atom is -0.495 e. The number of carboxylic acid groups (broad SMARTS) is 1. The second-order valence-electron chi connectivity index (χ2n) is 8.90. The van der Waals surface area contributed by atoms with Gasteiger partial charge in [0.25, 0.3) is 0 Å². The van der Waals surface area contributed by atoms with Crippen molar-refractivity contribution in [2.75, 3.05) is 19.0 Å². The molecule has 9 nitrogen and oxygen atoms in total. The molecule has 4 aromatic rings. The van der Waals surface area contributed by atoms with Gasteiger partial charge in [0.15, 0.2) is 5.11 Å². The van der Waals surface area contributed by atoms with E-state index in [9.17, 15) is 14.7 Å². The SMILES string of the molecule is COc1ccccc1NC(=O)CCN1C(=S)NC(c2ccccn2)C1c1ccc(-c2ccc(C(=O)O)cc2)o1. The number of nitrogens with zero attached hydrogens (tertiary/aromatic N) is 2. The summed E-state index contributed by atoms with van der Waals surface area (Å²) in [5.74, 6) is 0.641. The number of benzene rings is 2. The number of anilines is 1. The Morgan fingerprint density at radius 3 is 2.56 bits per heavy atom. The van der Waals surface area contributed by atoms with E-state index >= 15 is 0 Å². The zero-order valence-electron chi connectivity index (χ0n) is 21.0. The lowest BCUT2D eigenvalue weighted by atomic mass is 10.0. The number of methoxy groups -OCH3 is 1. The van der Waals surface area contributed by atoms with Crippen LogP contribution in [0.15, 0.2) is 89.5 Å². The Hall–Kier alpha value is -4.70. The quantitative estimate of drug-likeness (QED) is 0.250.